The minimum Gasteiger partial charge on any atom is -0.496 e. The molecule has 0 heterocycles. The lowest BCUT2D eigenvalue weighted by Gasteiger charge is -2.10. The zero-order valence-corrected chi connectivity index (χ0v) is 12.2. The summed E-state index contributed by atoms with van der Waals surface area (Å²) in [6.45, 7) is 0.100. The summed E-state index contributed by atoms with van der Waals surface area (Å²) < 4.78 is 37.9. The molecule has 0 spiro atoms. The highest BCUT2D eigenvalue weighted by Crippen LogP contribution is 2.27. The molecule has 0 aliphatic heterocycles. The van der Waals surface area contributed by atoms with Gasteiger partial charge < -0.3 is 15.2 Å². The lowest BCUT2D eigenvalue weighted by molar-refractivity contribution is 0.288. The highest BCUT2D eigenvalue weighted by atomic mass is 79.9. The van der Waals surface area contributed by atoms with E-state index >= 15 is 0 Å². The van der Waals surface area contributed by atoms with Gasteiger partial charge in [-0.25, -0.2) is 8.78 Å². The van der Waals surface area contributed by atoms with Crippen molar-refractivity contribution in [2.75, 3.05) is 12.8 Å². The van der Waals surface area contributed by atoms with Crippen LogP contribution in [-0.2, 0) is 6.61 Å². The van der Waals surface area contributed by atoms with Crippen LogP contribution in [0.1, 0.15) is 5.56 Å². The van der Waals surface area contributed by atoms with Crippen molar-refractivity contribution < 1.29 is 18.3 Å². The predicted octanol–water partition coefficient (Wildman–Crippen LogP) is 3.90. The number of ether oxygens (including phenoxy) is 2. The van der Waals surface area contributed by atoms with Crippen molar-refractivity contribution >= 4 is 21.6 Å². The van der Waals surface area contributed by atoms with Crippen LogP contribution < -0.4 is 15.2 Å². The maximum Gasteiger partial charge on any atom is 0.167 e. The molecule has 0 fully saturated rings. The summed E-state index contributed by atoms with van der Waals surface area (Å²) in [6, 6.07) is 7.14. The van der Waals surface area contributed by atoms with Gasteiger partial charge in [-0.3, -0.25) is 0 Å². The number of anilines is 1. The van der Waals surface area contributed by atoms with Gasteiger partial charge in [0, 0.05) is 12.1 Å². The van der Waals surface area contributed by atoms with Crippen molar-refractivity contribution in [3.05, 3.63) is 52.0 Å². The number of halogens is 3. The molecule has 2 aromatic rings. The topological polar surface area (TPSA) is 44.5 Å². The fraction of sp³-hybridized carbons (Fsp3) is 0.143. The molecular weight excluding hydrogens is 332 g/mol. The Kier molecular flexibility index (Phi) is 4.44. The Hall–Kier alpha value is -1.82. The first kappa shape index (κ1) is 14.6. The average molecular weight is 344 g/mol. The lowest BCUT2D eigenvalue weighted by atomic mass is 10.2. The van der Waals surface area contributed by atoms with E-state index in [1.807, 2.05) is 0 Å². The molecule has 6 heteroatoms. The Morgan fingerprint density at radius 2 is 1.85 bits per heavy atom. The van der Waals surface area contributed by atoms with Crippen molar-refractivity contribution in [2.24, 2.45) is 0 Å². The fourth-order valence-electron chi connectivity index (χ4n) is 1.62. The molecule has 0 amide bonds. The number of hydrogen-bond acceptors (Lipinski definition) is 3. The van der Waals surface area contributed by atoms with Crippen molar-refractivity contribution in [2.45, 2.75) is 6.61 Å². The van der Waals surface area contributed by atoms with Gasteiger partial charge in [0.15, 0.2) is 11.6 Å². The molecule has 2 rings (SSSR count). The van der Waals surface area contributed by atoms with Gasteiger partial charge in [0.25, 0.3) is 0 Å². The van der Waals surface area contributed by atoms with Crippen LogP contribution in [0.25, 0.3) is 0 Å². The summed E-state index contributed by atoms with van der Waals surface area (Å²) in [5, 5.41) is 0. The molecule has 0 aliphatic rings. The van der Waals surface area contributed by atoms with Crippen LogP contribution in [0.15, 0.2) is 34.8 Å². The number of benzene rings is 2. The minimum atomic E-state index is -0.711. The molecule has 106 valence electrons. The quantitative estimate of drug-likeness (QED) is 0.856. The first-order chi connectivity index (χ1) is 9.51. The van der Waals surface area contributed by atoms with E-state index in [9.17, 15) is 8.78 Å². The van der Waals surface area contributed by atoms with Crippen LogP contribution in [0.4, 0.5) is 14.5 Å². The van der Waals surface area contributed by atoms with Crippen LogP contribution in [0.3, 0.4) is 0 Å². The largest absolute Gasteiger partial charge is 0.496 e. The predicted molar refractivity (Wildman–Crippen MR) is 75.8 cm³/mol. The van der Waals surface area contributed by atoms with Gasteiger partial charge in [-0.15, -0.1) is 0 Å². The monoisotopic (exact) mass is 343 g/mol. The van der Waals surface area contributed by atoms with E-state index in [-0.39, 0.29) is 18.0 Å². The summed E-state index contributed by atoms with van der Waals surface area (Å²) in [6.07, 6.45) is 0. The maximum absolute atomic E-state index is 13.5. The van der Waals surface area contributed by atoms with Gasteiger partial charge in [-0.05, 0) is 33.6 Å². The van der Waals surface area contributed by atoms with E-state index in [1.165, 1.54) is 0 Å². The Bertz CT molecular complexity index is 635. The zero-order chi connectivity index (χ0) is 14.7. The maximum atomic E-state index is 13.5. The van der Waals surface area contributed by atoms with E-state index < -0.39 is 11.6 Å². The SMILES string of the molecule is COc1ccc(COc2cc(F)c(N)cc2F)cc1Br. The Morgan fingerprint density at radius 1 is 1.10 bits per heavy atom. The van der Waals surface area contributed by atoms with E-state index in [4.69, 9.17) is 15.2 Å². The molecule has 0 unspecified atom stereocenters. The van der Waals surface area contributed by atoms with Crippen LogP contribution in [0.5, 0.6) is 11.5 Å². The van der Waals surface area contributed by atoms with Gasteiger partial charge in [0.2, 0.25) is 0 Å². The number of methoxy groups -OCH3 is 1. The second-order valence-electron chi connectivity index (χ2n) is 4.06. The number of hydrogen-bond donors (Lipinski definition) is 1. The van der Waals surface area contributed by atoms with Gasteiger partial charge >= 0.3 is 0 Å². The smallest absolute Gasteiger partial charge is 0.167 e. The van der Waals surface area contributed by atoms with Crippen molar-refractivity contribution in [3.63, 3.8) is 0 Å². The summed E-state index contributed by atoms with van der Waals surface area (Å²) in [4.78, 5) is 0. The van der Waals surface area contributed by atoms with Crippen molar-refractivity contribution in [1.29, 1.82) is 0 Å². The van der Waals surface area contributed by atoms with Crippen LogP contribution in [0.2, 0.25) is 0 Å². The molecule has 20 heavy (non-hydrogen) atoms. The summed E-state index contributed by atoms with van der Waals surface area (Å²) in [5.41, 5.74) is 5.80. The summed E-state index contributed by atoms with van der Waals surface area (Å²) in [7, 11) is 1.56. The fourth-order valence-corrected chi connectivity index (χ4v) is 2.20. The molecule has 0 aromatic heterocycles. The standard InChI is InChI=1S/C14H12BrF2NO2/c1-19-13-3-2-8(4-9(13)15)7-20-14-6-10(16)12(18)5-11(14)17/h2-6H,7,18H2,1H3. The third kappa shape index (κ3) is 3.19. The lowest BCUT2D eigenvalue weighted by Crippen LogP contribution is -2.00. The third-order valence-electron chi connectivity index (χ3n) is 2.66. The minimum absolute atomic E-state index is 0.100. The van der Waals surface area contributed by atoms with Gasteiger partial charge in [-0.2, -0.15) is 0 Å². The van der Waals surface area contributed by atoms with E-state index in [0.717, 1.165) is 22.2 Å². The first-order valence-electron chi connectivity index (χ1n) is 5.71. The van der Waals surface area contributed by atoms with Gasteiger partial charge in [0.05, 0.1) is 17.3 Å². The van der Waals surface area contributed by atoms with E-state index in [1.54, 1.807) is 25.3 Å². The Balaban J connectivity index is 2.13. The van der Waals surface area contributed by atoms with Crippen LogP contribution in [0, 0.1) is 11.6 Å². The van der Waals surface area contributed by atoms with Gasteiger partial charge in [0.1, 0.15) is 18.2 Å². The summed E-state index contributed by atoms with van der Waals surface area (Å²) in [5.74, 6) is -0.907. The number of nitrogen functional groups attached to an aromatic ring is 1. The first-order valence-corrected chi connectivity index (χ1v) is 6.50. The highest BCUT2D eigenvalue weighted by molar-refractivity contribution is 9.10. The third-order valence-corrected chi connectivity index (χ3v) is 3.28. The molecule has 0 atom stereocenters. The molecule has 2 aromatic carbocycles. The molecule has 0 radical (unpaired) electrons. The van der Waals surface area contributed by atoms with E-state index in [0.29, 0.717) is 5.75 Å². The number of rotatable bonds is 4. The summed E-state index contributed by atoms with van der Waals surface area (Å²) >= 11 is 3.34. The van der Waals surface area contributed by atoms with Gasteiger partial charge in [-0.1, -0.05) is 6.07 Å². The Labute approximate surface area is 123 Å². The van der Waals surface area contributed by atoms with Crippen molar-refractivity contribution in [3.8, 4) is 11.5 Å². The molecule has 0 aliphatic carbocycles. The molecule has 0 bridgehead atoms. The highest BCUT2D eigenvalue weighted by Gasteiger charge is 2.09. The van der Waals surface area contributed by atoms with Crippen LogP contribution in [-0.4, -0.2) is 7.11 Å². The molecular formula is C14H12BrF2NO2. The Morgan fingerprint density at radius 3 is 2.50 bits per heavy atom. The molecule has 2 N–H and O–H groups in total. The zero-order valence-electron chi connectivity index (χ0n) is 10.6. The molecule has 0 saturated heterocycles. The second-order valence-corrected chi connectivity index (χ2v) is 4.92. The van der Waals surface area contributed by atoms with Crippen molar-refractivity contribution in [1.82, 2.24) is 0 Å². The second kappa shape index (κ2) is 6.09. The van der Waals surface area contributed by atoms with E-state index in [2.05, 4.69) is 15.9 Å². The average Bonchev–Trinajstić information content (AvgIpc) is 2.41. The number of nitrogens with two attached hydrogens (primary N) is 1. The molecule has 0 saturated carbocycles. The molecule has 3 nitrogen and oxygen atoms in total. The normalized spacial score (nSPS) is 10.4. The van der Waals surface area contributed by atoms with Crippen LogP contribution >= 0.6 is 15.9 Å².